The summed E-state index contributed by atoms with van der Waals surface area (Å²) in [6, 6.07) is 25.2. The lowest BCUT2D eigenvalue weighted by Gasteiger charge is -2.04. The van der Waals surface area contributed by atoms with E-state index in [9.17, 15) is 9.59 Å². The summed E-state index contributed by atoms with van der Waals surface area (Å²) in [4.78, 5) is 29.3. The van der Waals surface area contributed by atoms with E-state index in [1.807, 2.05) is 36.4 Å². The fourth-order valence-corrected chi connectivity index (χ4v) is 3.47. The second-order valence-corrected chi connectivity index (χ2v) is 7.17. The fourth-order valence-electron chi connectivity index (χ4n) is 2.62. The minimum absolute atomic E-state index is 0.190. The molecule has 5 nitrogen and oxygen atoms in total. The van der Waals surface area contributed by atoms with Gasteiger partial charge < -0.3 is 10.1 Å². The monoisotopic (exact) mass is 400 g/mol. The highest BCUT2D eigenvalue weighted by Crippen LogP contribution is 2.28. The Bertz CT molecular complexity index is 1090. The first-order valence-electron chi connectivity index (χ1n) is 8.89. The molecule has 0 spiro atoms. The molecule has 0 aliphatic carbocycles. The van der Waals surface area contributed by atoms with Crippen molar-refractivity contribution in [2.75, 3.05) is 0 Å². The van der Waals surface area contributed by atoms with E-state index in [4.69, 9.17) is 4.74 Å². The molecule has 1 heterocycles. The number of hydrogen-bond donors (Lipinski definition) is 1. The summed E-state index contributed by atoms with van der Waals surface area (Å²) in [6.07, 6.45) is 1.77. The lowest BCUT2D eigenvalue weighted by Crippen LogP contribution is -2.19. The van der Waals surface area contributed by atoms with E-state index >= 15 is 0 Å². The summed E-state index contributed by atoms with van der Waals surface area (Å²) in [7, 11) is 0. The Kier molecular flexibility index (Phi) is 5.54. The summed E-state index contributed by atoms with van der Waals surface area (Å²) < 4.78 is 5.37. The standard InChI is InChI=1S/C23H16N2O3S/c26-21-20(29-23(25-21)24-18-9-5-2-6-10-18)15-16-11-13-19(14-12-16)28-22(27)17-7-3-1-4-8-17/h1-15H,(H,24,25,26)/b20-15+. The van der Waals surface area contributed by atoms with Crippen LogP contribution in [-0.4, -0.2) is 17.0 Å². The van der Waals surface area contributed by atoms with E-state index in [1.54, 1.807) is 54.6 Å². The van der Waals surface area contributed by atoms with Gasteiger partial charge in [-0.15, -0.1) is 0 Å². The van der Waals surface area contributed by atoms with E-state index < -0.39 is 5.97 Å². The van der Waals surface area contributed by atoms with Crippen molar-refractivity contribution >= 4 is 40.6 Å². The highest BCUT2D eigenvalue weighted by atomic mass is 32.2. The van der Waals surface area contributed by atoms with Crippen LogP contribution in [0.1, 0.15) is 15.9 Å². The third-order valence-electron chi connectivity index (χ3n) is 4.04. The maximum Gasteiger partial charge on any atom is 0.343 e. The van der Waals surface area contributed by atoms with E-state index in [0.29, 0.717) is 21.4 Å². The molecule has 4 rings (SSSR count). The van der Waals surface area contributed by atoms with Crippen molar-refractivity contribution in [2.45, 2.75) is 0 Å². The smallest absolute Gasteiger partial charge is 0.343 e. The zero-order valence-corrected chi connectivity index (χ0v) is 16.1. The van der Waals surface area contributed by atoms with E-state index in [-0.39, 0.29) is 5.91 Å². The quantitative estimate of drug-likeness (QED) is 0.388. The molecule has 1 N–H and O–H groups in total. The minimum atomic E-state index is -0.413. The molecule has 1 aliphatic heterocycles. The molecule has 0 unspecified atom stereocenters. The summed E-state index contributed by atoms with van der Waals surface area (Å²) in [5, 5.41) is 3.31. The van der Waals surface area contributed by atoms with Crippen LogP contribution < -0.4 is 10.1 Å². The van der Waals surface area contributed by atoms with E-state index in [1.165, 1.54) is 11.8 Å². The first kappa shape index (κ1) is 18.7. The minimum Gasteiger partial charge on any atom is -0.423 e. The highest BCUT2D eigenvalue weighted by molar-refractivity contribution is 8.18. The van der Waals surface area contributed by atoms with Gasteiger partial charge in [-0.3, -0.25) is 4.79 Å². The number of carbonyl (C=O) groups is 2. The van der Waals surface area contributed by atoms with Crippen LogP contribution in [0.25, 0.3) is 6.08 Å². The van der Waals surface area contributed by atoms with Gasteiger partial charge in [0.2, 0.25) is 0 Å². The Labute approximate surface area is 172 Å². The van der Waals surface area contributed by atoms with Crippen LogP contribution in [0.15, 0.2) is 94.8 Å². The van der Waals surface area contributed by atoms with Gasteiger partial charge in [-0.05, 0) is 59.8 Å². The van der Waals surface area contributed by atoms with Gasteiger partial charge in [0.25, 0.3) is 5.91 Å². The number of rotatable bonds is 4. The average Bonchev–Trinajstić information content (AvgIpc) is 3.09. The molecule has 3 aromatic rings. The molecule has 0 bridgehead atoms. The average molecular weight is 400 g/mol. The van der Waals surface area contributed by atoms with Gasteiger partial charge in [-0.2, -0.15) is 0 Å². The Morgan fingerprint density at radius 2 is 1.55 bits per heavy atom. The van der Waals surface area contributed by atoms with Crippen LogP contribution in [0.3, 0.4) is 0 Å². The lowest BCUT2D eigenvalue weighted by molar-refractivity contribution is -0.115. The van der Waals surface area contributed by atoms with Crippen molar-refractivity contribution < 1.29 is 14.3 Å². The Morgan fingerprint density at radius 1 is 0.897 bits per heavy atom. The van der Waals surface area contributed by atoms with Crippen molar-refractivity contribution in [3.8, 4) is 5.75 Å². The van der Waals surface area contributed by atoms with Gasteiger partial charge in [-0.25, -0.2) is 9.79 Å². The maximum absolute atomic E-state index is 12.2. The first-order valence-corrected chi connectivity index (χ1v) is 9.71. The summed E-state index contributed by atoms with van der Waals surface area (Å²) in [5.74, 6) is -0.163. The molecule has 0 atom stereocenters. The molecule has 0 radical (unpaired) electrons. The molecule has 1 fully saturated rings. The molecule has 1 saturated heterocycles. The number of hydrogen-bond acceptors (Lipinski definition) is 5. The van der Waals surface area contributed by atoms with Crippen LogP contribution in [0.4, 0.5) is 5.69 Å². The highest BCUT2D eigenvalue weighted by Gasteiger charge is 2.23. The molecule has 1 aliphatic rings. The predicted octanol–water partition coefficient (Wildman–Crippen LogP) is 4.80. The number of nitrogens with one attached hydrogen (secondary N) is 1. The van der Waals surface area contributed by atoms with Gasteiger partial charge in [-0.1, -0.05) is 48.5 Å². The molecule has 1 amide bonds. The van der Waals surface area contributed by atoms with Crippen molar-refractivity contribution in [1.29, 1.82) is 0 Å². The Balaban J connectivity index is 1.44. The van der Waals surface area contributed by atoms with Crippen LogP contribution >= 0.6 is 11.8 Å². The number of aliphatic imine (C=N–C) groups is 1. The lowest BCUT2D eigenvalue weighted by atomic mass is 10.2. The number of benzene rings is 3. The largest absolute Gasteiger partial charge is 0.423 e. The number of esters is 1. The van der Waals surface area contributed by atoms with Crippen LogP contribution in [0.2, 0.25) is 0 Å². The fraction of sp³-hybridized carbons (Fsp3) is 0. The second kappa shape index (κ2) is 8.58. The van der Waals surface area contributed by atoms with Gasteiger partial charge in [0.05, 0.1) is 16.2 Å². The summed E-state index contributed by atoms with van der Waals surface area (Å²) in [6.45, 7) is 0. The van der Waals surface area contributed by atoms with Crippen LogP contribution in [0, 0.1) is 0 Å². The zero-order chi connectivity index (χ0) is 20.1. The van der Waals surface area contributed by atoms with Gasteiger partial charge >= 0.3 is 5.97 Å². The SMILES string of the molecule is O=C1NC(=Nc2ccccc2)S/C1=C/c1ccc(OC(=O)c2ccccc2)cc1. The predicted molar refractivity (Wildman–Crippen MR) is 115 cm³/mol. The molecular formula is C23H16N2O3S. The normalized spacial score (nSPS) is 16.1. The van der Waals surface area contributed by atoms with Crippen LogP contribution in [-0.2, 0) is 4.79 Å². The summed E-state index contributed by atoms with van der Waals surface area (Å²) in [5.41, 5.74) is 2.09. The number of para-hydroxylation sites is 1. The number of ether oxygens (including phenoxy) is 1. The number of nitrogens with zero attached hydrogens (tertiary/aromatic N) is 1. The maximum atomic E-state index is 12.2. The first-order chi connectivity index (χ1) is 14.2. The number of carbonyl (C=O) groups excluding carboxylic acids is 2. The van der Waals surface area contributed by atoms with Gasteiger partial charge in [0.15, 0.2) is 5.17 Å². The molecule has 142 valence electrons. The van der Waals surface area contributed by atoms with Gasteiger partial charge in [0.1, 0.15) is 5.75 Å². The zero-order valence-electron chi connectivity index (χ0n) is 15.2. The van der Waals surface area contributed by atoms with Crippen molar-refractivity contribution in [1.82, 2.24) is 5.32 Å². The third kappa shape index (κ3) is 4.80. The Morgan fingerprint density at radius 3 is 2.24 bits per heavy atom. The van der Waals surface area contributed by atoms with E-state index in [0.717, 1.165) is 11.3 Å². The number of amidine groups is 1. The molecule has 0 saturated carbocycles. The van der Waals surface area contributed by atoms with Crippen molar-refractivity contribution in [2.24, 2.45) is 4.99 Å². The summed E-state index contributed by atoms with van der Waals surface area (Å²) >= 11 is 1.29. The topological polar surface area (TPSA) is 67.8 Å². The van der Waals surface area contributed by atoms with Gasteiger partial charge in [0, 0.05) is 0 Å². The molecular weight excluding hydrogens is 384 g/mol. The molecule has 6 heteroatoms. The third-order valence-corrected chi connectivity index (χ3v) is 4.95. The van der Waals surface area contributed by atoms with E-state index in [2.05, 4.69) is 10.3 Å². The molecule has 0 aromatic heterocycles. The van der Waals surface area contributed by atoms with Crippen molar-refractivity contribution in [3.63, 3.8) is 0 Å². The van der Waals surface area contributed by atoms with Crippen LogP contribution in [0.5, 0.6) is 5.75 Å². The van der Waals surface area contributed by atoms with Crippen molar-refractivity contribution in [3.05, 3.63) is 101 Å². The number of thioether (sulfide) groups is 1. The Hall–Kier alpha value is -3.64. The number of amides is 1. The second-order valence-electron chi connectivity index (χ2n) is 6.14. The molecule has 3 aromatic carbocycles. The molecule has 29 heavy (non-hydrogen) atoms.